The van der Waals surface area contributed by atoms with Gasteiger partial charge in [-0.3, -0.25) is 44.2 Å². The van der Waals surface area contributed by atoms with Gasteiger partial charge in [0, 0.05) is 19.5 Å². The molecule has 20 heteroatoms. The van der Waals surface area contributed by atoms with E-state index in [1.807, 2.05) is 0 Å². The number of piperidine rings is 1. The summed E-state index contributed by atoms with van der Waals surface area (Å²) in [6.07, 6.45) is 1.21. The Labute approximate surface area is 345 Å². The molecule has 0 spiro atoms. The van der Waals surface area contributed by atoms with E-state index in [-0.39, 0.29) is 48.4 Å². The molecule has 0 bridgehead atoms. The molecule has 0 aromatic heterocycles. The number of hydrogen-bond donors (Lipinski definition) is 7. The number of hydrazine groups is 1. The fraction of sp³-hybridized carbons (Fsp3) is 0.821. The lowest BCUT2D eigenvalue weighted by Crippen LogP contribution is -2.69. The van der Waals surface area contributed by atoms with Gasteiger partial charge in [-0.25, -0.2) is 20.3 Å². The van der Waals surface area contributed by atoms with Gasteiger partial charge < -0.3 is 35.2 Å². The van der Waals surface area contributed by atoms with Crippen LogP contribution in [0, 0.1) is 17.8 Å². The Morgan fingerprint density at radius 2 is 1.56 bits per heavy atom. The molecule has 0 aromatic carbocycles. The number of nitrogens with zero attached hydrogens (tertiary/aromatic N) is 4. The fourth-order valence-corrected chi connectivity index (χ4v) is 8.15. The van der Waals surface area contributed by atoms with Crippen molar-refractivity contribution >= 4 is 41.4 Å². The van der Waals surface area contributed by atoms with Gasteiger partial charge in [-0.15, -0.1) is 0 Å². The van der Waals surface area contributed by atoms with Crippen molar-refractivity contribution in [1.29, 1.82) is 0 Å². The largest absolute Gasteiger partial charge is 0.458 e. The van der Waals surface area contributed by atoms with E-state index in [1.165, 1.54) is 6.92 Å². The first-order chi connectivity index (χ1) is 27.6. The van der Waals surface area contributed by atoms with Gasteiger partial charge in [-0.1, -0.05) is 34.1 Å². The second-order valence-corrected chi connectivity index (χ2v) is 17.1. The number of carbonyl (C=O) groups is 7. The van der Waals surface area contributed by atoms with Crippen molar-refractivity contribution in [2.75, 3.05) is 19.6 Å². The summed E-state index contributed by atoms with van der Waals surface area (Å²) in [5, 5.41) is 51.8. The molecule has 0 aromatic rings. The predicted octanol–water partition coefficient (Wildman–Crippen LogP) is -0.0510. The normalized spacial score (nSPS) is 34.1. The van der Waals surface area contributed by atoms with Crippen LogP contribution in [0.1, 0.15) is 113 Å². The van der Waals surface area contributed by atoms with Crippen LogP contribution in [0.15, 0.2) is 0 Å². The first kappa shape index (κ1) is 47.7. The third-order valence-corrected chi connectivity index (χ3v) is 12.5. The number of carbonyl (C=O) groups excluding carboxylic acids is 7. The highest BCUT2D eigenvalue weighted by molar-refractivity contribution is 5.97. The highest BCUT2D eigenvalue weighted by Crippen LogP contribution is 2.41. The molecule has 0 radical (unpaired) electrons. The Bertz CT molecular complexity index is 1580. The Morgan fingerprint density at radius 3 is 2.19 bits per heavy atom. The molecule has 4 aliphatic rings. The minimum absolute atomic E-state index is 0.0307. The van der Waals surface area contributed by atoms with Crippen LogP contribution in [0.25, 0.3) is 0 Å². The highest BCUT2D eigenvalue weighted by Gasteiger charge is 2.57. The number of aliphatic hydroxyl groups is 2. The third-order valence-electron chi connectivity index (χ3n) is 12.5. The average molecular weight is 840 g/mol. The van der Waals surface area contributed by atoms with Crippen LogP contribution in [0.3, 0.4) is 0 Å². The minimum atomic E-state index is -2.68. The molecule has 4 fully saturated rings. The molecule has 20 nitrogen and oxygen atoms in total. The molecule has 4 saturated heterocycles. The number of hydroxylamine groups is 4. The number of rotatable bonds is 7. The summed E-state index contributed by atoms with van der Waals surface area (Å²) in [5.74, 6) is -10.0. The standard InChI is InChI=1S/C39H65N7O13/c1-9-22(4)19-26-15-16-39(55,59-25(26)7)38(8,54)37(53)42-30-31(21(2)3)58-36(52)24(6)46(57)34(50)28-14-12-17-41-44(28)29(47)20-40-32(48)23(5)45(56)33(49)27-13-10-11-18-43(27)35(30)51/h21-28,30-31,41,54-57H,9-20H2,1-8H3,(H,40,48)(H,42,53)/t22-,23-,24+,25+,26+,27+,28-,30-,31-,38+,39+/m0/s1. The number of nitrogens with one attached hydrogen (secondary N) is 3. The van der Waals surface area contributed by atoms with Crippen LogP contribution in [-0.4, -0.2) is 156 Å². The van der Waals surface area contributed by atoms with Crippen molar-refractivity contribution in [2.45, 2.75) is 167 Å². The van der Waals surface area contributed by atoms with Crippen molar-refractivity contribution in [1.82, 2.24) is 36.1 Å². The number of fused-ring (bicyclic) bond motifs is 2. The van der Waals surface area contributed by atoms with Crippen LogP contribution in [0.4, 0.5) is 0 Å². The SMILES string of the molecule is CC[C@H](C)C[C@H]1CC[C@](O)([C@](C)(O)C(=O)N[C@@H]2C(=O)N3CCCC[C@@H]3C(=O)N(O)[C@@H](C)C(=O)NCC(=O)N3NCCC[C@H]3C(=O)N(O)[C@H](C)C(=O)O[C@H]2C(C)C)O[C@@H]1C. The monoisotopic (exact) mass is 839 g/mol. The van der Waals surface area contributed by atoms with Crippen LogP contribution in [-0.2, 0) is 43.0 Å². The molecular formula is C39H65N7O13. The van der Waals surface area contributed by atoms with E-state index in [0.29, 0.717) is 31.6 Å². The van der Waals surface area contributed by atoms with E-state index in [4.69, 9.17) is 9.47 Å². The van der Waals surface area contributed by atoms with Crippen LogP contribution in [0.2, 0.25) is 0 Å². The summed E-state index contributed by atoms with van der Waals surface area (Å²) in [6.45, 7) is 12.0. The van der Waals surface area contributed by atoms with Crippen molar-refractivity contribution < 1.29 is 63.7 Å². The van der Waals surface area contributed by atoms with Gasteiger partial charge in [0.05, 0.1) is 12.6 Å². The first-order valence-electron chi connectivity index (χ1n) is 20.9. The third kappa shape index (κ3) is 10.3. The van der Waals surface area contributed by atoms with Crippen molar-refractivity contribution in [3.8, 4) is 0 Å². The summed E-state index contributed by atoms with van der Waals surface area (Å²) < 4.78 is 11.8. The smallest absolute Gasteiger partial charge is 0.331 e. The van der Waals surface area contributed by atoms with Gasteiger partial charge in [-0.05, 0) is 90.4 Å². The fourth-order valence-electron chi connectivity index (χ4n) is 8.15. The quantitative estimate of drug-likeness (QED) is 0.131. The molecule has 0 aliphatic carbocycles. The zero-order valence-corrected chi connectivity index (χ0v) is 35.5. The Hall–Kier alpha value is -3.95. The van der Waals surface area contributed by atoms with E-state index in [9.17, 15) is 54.2 Å². The van der Waals surface area contributed by atoms with E-state index in [1.54, 1.807) is 20.8 Å². The maximum Gasteiger partial charge on any atom is 0.331 e. The summed E-state index contributed by atoms with van der Waals surface area (Å²) in [6, 6.07) is -7.82. The van der Waals surface area contributed by atoms with Gasteiger partial charge in [0.1, 0.15) is 30.3 Å². The highest BCUT2D eigenvalue weighted by atomic mass is 16.6. The zero-order valence-electron chi connectivity index (χ0n) is 35.5. The van der Waals surface area contributed by atoms with Crippen LogP contribution in [0.5, 0.6) is 0 Å². The lowest BCUT2D eigenvalue weighted by Gasteiger charge is -2.47. The van der Waals surface area contributed by atoms with E-state index in [2.05, 4.69) is 29.9 Å². The Kier molecular flexibility index (Phi) is 15.9. The molecule has 4 heterocycles. The average Bonchev–Trinajstić information content (AvgIpc) is 3.22. The Balaban J connectivity index is 1.76. The van der Waals surface area contributed by atoms with Gasteiger partial charge in [-0.2, -0.15) is 0 Å². The van der Waals surface area contributed by atoms with Crippen LogP contribution < -0.4 is 16.1 Å². The summed E-state index contributed by atoms with van der Waals surface area (Å²) in [5.41, 5.74) is 0.0856. The van der Waals surface area contributed by atoms with E-state index < -0.39 is 108 Å². The van der Waals surface area contributed by atoms with Crippen LogP contribution >= 0.6 is 0 Å². The number of hydrogen-bond acceptors (Lipinski definition) is 14. The molecule has 334 valence electrons. The zero-order chi connectivity index (χ0) is 44.1. The molecule has 0 unspecified atom stereocenters. The summed E-state index contributed by atoms with van der Waals surface area (Å²) >= 11 is 0. The molecule has 0 saturated carbocycles. The van der Waals surface area contributed by atoms with Gasteiger partial charge >= 0.3 is 5.97 Å². The lowest BCUT2D eigenvalue weighted by atomic mass is 9.79. The molecule has 4 aliphatic heterocycles. The maximum atomic E-state index is 14.8. The molecule has 7 N–H and O–H groups in total. The second-order valence-electron chi connectivity index (χ2n) is 17.1. The predicted molar refractivity (Wildman–Crippen MR) is 206 cm³/mol. The van der Waals surface area contributed by atoms with E-state index in [0.717, 1.165) is 36.6 Å². The van der Waals surface area contributed by atoms with Crippen molar-refractivity contribution in [2.24, 2.45) is 17.8 Å². The van der Waals surface area contributed by atoms with Crippen molar-refractivity contribution in [3.63, 3.8) is 0 Å². The summed E-state index contributed by atoms with van der Waals surface area (Å²) in [7, 11) is 0. The molecule has 4 rings (SSSR count). The summed E-state index contributed by atoms with van der Waals surface area (Å²) in [4.78, 5) is 98.0. The lowest BCUT2D eigenvalue weighted by molar-refractivity contribution is -0.326. The molecule has 11 atom stereocenters. The number of esters is 1. The second kappa shape index (κ2) is 19.6. The van der Waals surface area contributed by atoms with Gasteiger partial charge in [0.15, 0.2) is 11.6 Å². The number of cyclic esters (lactones) is 1. The first-order valence-corrected chi connectivity index (χ1v) is 20.9. The number of amides is 6. The maximum absolute atomic E-state index is 14.8. The van der Waals surface area contributed by atoms with Crippen molar-refractivity contribution in [3.05, 3.63) is 0 Å². The molecule has 59 heavy (non-hydrogen) atoms. The molecular weight excluding hydrogens is 774 g/mol. The van der Waals surface area contributed by atoms with Gasteiger partial charge in [0.2, 0.25) is 17.6 Å². The van der Waals surface area contributed by atoms with E-state index >= 15 is 0 Å². The van der Waals surface area contributed by atoms with Gasteiger partial charge in [0.25, 0.3) is 23.6 Å². The number of ether oxygens (including phenoxy) is 2. The minimum Gasteiger partial charge on any atom is -0.458 e. The molecule has 6 amide bonds. The Morgan fingerprint density at radius 1 is 0.932 bits per heavy atom. The topological polar surface area (TPSA) is 268 Å².